The van der Waals surface area contributed by atoms with Gasteiger partial charge in [-0.05, 0) is 109 Å². The minimum absolute atomic E-state index is 0.178. The summed E-state index contributed by atoms with van der Waals surface area (Å²) in [5.41, 5.74) is 4.25. The highest BCUT2D eigenvalue weighted by atomic mass is 16.5. The van der Waals surface area contributed by atoms with Crippen LogP contribution in [-0.2, 0) is 4.74 Å². The van der Waals surface area contributed by atoms with Crippen molar-refractivity contribution in [3.05, 3.63) is 101 Å². The molecular formula is C42H52O10. The van der Waals surface area contributed by atoms with E-state index in [1.807, 2.05) is 68.4 Å². The van der Waals surface area contributed by atoms with Gasteiger partial charge < -0.3 is 48.1 Å². The first kappa shape index (κ1) is 38.6. The zero-order valence-corrected chi connectivity index (χ0v) is 31.7. The third-order valence-corrected chi connectivity index (χ3v) is 10.1. The fourth-order valence-corrected chi connectivity index (χ4v) is 6.83. The molecule has 10 nitrogen and oxygen atoms in total. The van der Waals surface area contributed by atoms with Crippen LogP contribution in [0.4, 0.5) is 0 Å². The Morgan fingerprint density at radius 2 is 0.885 bits per heavy atom. The second-order valence-corrected chi connectivity index (χ2v) is 13.4. The normalized spacial score (nSPS) is 20.7. The van der Waals surface area contributed by atoms with E-state index < -0.39 is 24.4 Å². The molecule has 0 aliphatic carbocycles. The van der Waals surface area contributed by atoms with Gasteiger partial charge in [0.1, 0.15) is 30.2 Å². The predicted octanol–water partition coefficient (Wildman–Crippen LogP) is 8.12. The van der Waals surface area contributed by atoms with Gasteiger partial charge in [-0.25, -0.2) is 0 Å². The quantitative estimate of drug-likeness (QED) is 0.125. The van der Waals surface area contributed by atoms with Gasteiger partial charge in [-0.2, -0.15) is 0 Å². The maximum Gasteiger partial charge on any atom is 0.161 e. The smallest absolute Gasteiger partial charge is 0.161 e. The Kier molecular flexibility index (Phi) is 12.5. The summed E-state index contributed by atoms with van der Waals surface area (Å²) in [7, 11) is 7.95. The van der Waals surface area contributed by atoms with Crippen molar-refractivity contribution in [1.82, 2.24) is 0 Å². The number of aliphatic hydroxyl groups excluding tert-OH is 2. The molecule has 10 heteroatoms. The largest absolute Gasteiger partial charge is 0.496 e. The molecular weight excluding hydrogens is 664 g/mol. The summed E-state index contributed by atoms with van der Waals surface area (Å²) in [4.78, 5) is 0. The second kappa shape index (κ2) is 16.8. The Hall–Kier alpha value is -4.64. The van der Waals surface area contributed by atoms with Gasteiger partial charge in [0.25, 0.3) is 0 Å². The number of hydrogen-bond acceptors (Lipinski definition) is 10. The molecule has 0 saturated carbocycles. The summed E-state index contributed by atoms with van der Waals surface area (Å²) in [6, 6.07) is 22.5. The van der Waals surface area contributed by atoms with Crippen LogP contribution in [0.3, 0.4) is 0 Å². The van der Waals surface area contributed by atoms with Crippen molar-refractivity contribution in [2.24, 2.45) is 11.8 Å². The van der Waals surface area contributed by atoms with Gasteiger partial charge in [0, 0.05) is 0 Å². The Labute approximate surface area is 307 Å². The van der Waals surface area contributed by atoms with E-state index >= 15 is 0 Å². The summed E-state index contributed by atoms with van der Waals surface area (Å²) in [5.74, 6) is 4.37. The van der Waals surface area contributed by atoms with Crippen LogP contribution < -0.4 is 33.2 Å². The van der Waals surface area contributed by atoms with Crippen LogP contribution >= 0.6 is 0 Å². The number of rotatable bonds is 15. The standard InChI is InChI=1S/C42H52O10/c1-23-19-28(11-15-32(23)45-6)39(43)26(4)50-34-17-13-30(21-37(34)48-9)41-24(2)25(3)42(52-41)31-14-18-35(38(22-31)49-10)51-27(5)40(44)29-12-16-33(46-7)36(20-29)47-8/h11-22,24-27,39-44H,1-10H3/t24-,25-,26-,27-,39-,40-,41?,42?/m1/s1. The maximum absolute atomic E-state index is 11.1. The van der Waals surface area contributed by atoms with E-state index in [1.165, 1.54) is 0 Å². The highest BCUT2D eigenvalue weighted by Gasteiger charge is 2.41. The van der Waals surface area contributed by atoms with Gasteiger partial charge in [0.05, 0.1) is 47.8 Å². The van der Waals surface area contributed by atoms with Crippen LogP contribution in [0.2, 0.25) is 0 Å². The Balaban J connectivity index is 1.29. The van der Waals surface area contributed by atoms with Crippen LogP contribution in [0, 0.1) is 18.8 Å². The van der Waals surface area contributed by atoms with E-state index in [9.17, 15) is 10.2 Å². The third-order valence-electron chi connectivity index (χ3n) is 10.1. The lowest BCUT2D eigenvalue weighted by Crippen LogP contribution is -2.22. The first-order valence-corrected chi connectivity index (χ1v) is 17.5. The zero-order valence-electron chi connectivity index (χ0n) is 31.7. The van der Waals surface area contributed by atoms with E-state index in [4.69, 9.17) is 37.9 Å². The van der Waals surface area contributed by atoms with Gasteiger partial charge in [-0.1, -0.05) is 38.1 Å². The number of aliphatic hydroxyl groups is 2. The topological polar surface area (TPSA) is 114 Å². The van der Waals surface area contributed by atoms with Crippen LogP contribution in [0.1, 0.15) is 79.9 Å². The summed E-state index contributed by atoms with van der Waals surface area (Å²) in [6.45, 7) is 9.95. The molecule has 0 spiro atoms. The highest BCUT2D eigenvalue weighted by Crippen LogP contribution is 2.51. The van der Waals surface area contributed by atoms with Crippen LogP contribution in [-0.4, -0.2) is 58.0 Å². The fraction of sp³-hybridized carbons (Fsp3) is 0.429. The van der Waals surface area contributed by atoms with Gasteiger partial charge in [0.2, 0.25) is 0 Å². The van der Waals surface area contributed by atoms with E-state index in [0.717, 1.165) is 28.0 Å². The van der Waals surface area contributed by atoms with Crippen molar-refractivity contribution in [3.63, 3.8) is 0 Å². The molecule has 1 fully saturated rings. The van der Waals surface area contributed by atoms with Gasteiger partial charge in [0.15, 0.2) is 34.5 Å². The molecule has 2 unspecified atom stereocenters. The predicted molar refractivity (Wildman–Crippen MR) is 198 cm³/mol. The van der Waals surface area contributed by atoms with Crippen LogP contribution in [0.5, 0.6) is 40.2 Å². The number of methoxy groups -OCH3 is 5. The SMILES string of the molecule is COc1ccc([C@H](O)[C@@H](C)Oc2ccc(C3OC(c4ccc(O[C@H](C)[C@@H](O)c5ccc(OC)c(OC)c5)c(OC)c4)[C@H](C)[C@H]3C)cc2OC)cc1C. The molecule has 280 valence electrons. The molecule has 52 heavy (non-hydrogen) atoms. The number of aryl methyl sites for hydroxylation is 1. The average Bonchev–Trinajstić information content (AvgIpc) is 3.46. The van der Waals surface area contributed by atoms with Crippen LogP contribution in [0.25, 0.3) is 0 Å². The fourth-order valence-electron chi connectivity index (χ4n) is 6.83. The molecule has 0 bridgehead atoms. The number of benzene rings is 4. The molecule has 5 rings (SSSR count). The van der Waals surface area contributed by atoms with Gasteiger partial charge in [-0.15, -0.1) is 0 Å². The van der Waals surface area contributed by atoms with Crippen molar-refractivity contribution in [2.45, 2.75) is 71.2 Å². The van der Waals surface area contributed by atoms with Gasteiger partial charge in [-0.3, -0.25) is 0 Å². The highest BCUT2D eigenvalue weighted by molar-refractivity contribution is 5.47. The number of ether oxygens (including phenoxy) is 8. The summed E-state index contributed by atoms with van der Waals surface area (Å²) < 4.78 is 46.8. The van der Waals surface area contributed by atoms with E-state index in [-0.39, 0.29) is 24.0 Å². The molecule has 1 aliphatic rings. The van der Waals surface area contributed by atoms with Crippen molar-refractivity contribution in [1.29, 1.82) is 0 Å². The lowest BCUT2D eigenvalue weighted by Gasteiger charge is -2.24. The molecule has 0 aromatic heterocycles. The molecule has 1 heterocycles. The number of hydrogen-bond donors (Lipinski definition) is 2. The van der Waals surface area contributed by atoms with Gasteiger partial charge >= 0.3 is 0 Å². The molecule has 2 N–H and O–H groups in total. The van der Waals surface area contributed by atoms with Crippen molar-refractivity contribution >= 4 is 0 Å². The first-order chi connectivity index (χ1) is 24.9. The Morgan fingerprint density at radius 1 is 0.500 bits per heavy atom. The average molecular weight is 717 g/mol. The Bertz CT molecular complexity index is 1810. The van der Waals surface area contributed by atoms with Crippen molar-refractivity contribution in [3.8, 4) is 40.2 Å². The minimum atomic E-state index is -0.927. The molecule has 4 aromatic carbocycles. The molecule has 8 atom stereocenters. The molecule has 0 radical (unpaired) electrons. The molecule has 4 aromatic rings. The summed E-state index contributed by atoms with van der Waals surface area (Å²) >= 11 is 0. The molecule has 0 amide bonds. The Morgan fingerprint density at radius 3 is 1.31 bits per heavy atom. The lowest BCUT2D eigenvalue weighted by atomic mass is 9.85. The summed E-state index contributed by atoms with van der Waals surface area (Å²) in [5, 5.41) is 22.2. The zero-order chi connectivity index (χ0) is 37.7. The maximum atomic E-state index is 11.1. The lowest BCUT2D eigenvalue weighted by molar-refractivity contribution is 0.0281. The van der Waals surface area contributed by atoms with Crippen molar-refractivity contribution in [2.75, 3.05) is 35.5 Å². The van der Waals surface area contributed by atoms with Crippen LogP contribution in [0.15, 0.2) is 72.8 Å². The van der Waals surface area contributed by atoms with E-state index in [1.54, 1.807) is 60.7 Å². The minimum Gasteiger partial charge on any atom is -0.496 e. The monoisotopic (exact) mass is 716 g/mol. The first-order valence-electron chi connectivity index (χ1n) is 17.5. The molecule has 1 aliphatic heterocycles. The third kappa shape index (κ3) is 8.04. The second-order valence-electron chi connectivity index (χ2n) is 13.4. The van der Waals surface area contributed by atoms with E-state index in [2.05, 4.69) is 13.8 Å². The van der Waals surface area contributed by atoms with E-state index in [0.29, 0.717) is 40.1 Å². The molecule has 1 saturated heterocycles. The summed E-state index contributed by atoms with van der Waals surface area (Å²) in [6.07, 6.45) is -3.33. The van der Waals surface area contributed by atoms with Crippen molar-refractivity contribution < 1.29 is 48.1 Å².